The SMILES string of the molecule is CCOc1ccc(CCC2CC2C(=O)OC)cc1C(C)C. The zero-order chi connectivity index (χ0) is 15.4. The van der Waals surface area contributed by atoms with Crippen LogP contribution in [0.2, 0.25) is 0 Å². The first-order valence-electron chi connectivity index (χ1n) is 7.90. The molecule has 0 bridgehead atoms. The summed E-state index contributed by atoms with van der Waals surface area (Å²) in [5.74, 6) is 2.05. The van der Waals surface area contributed by atoms with Crippen molar-refractivity contribution in [2.75, 3.05) is 13.7 Å². The summed E-state index contributed by atoms with van der Waals surface area (Å²) in [6, 6.07) is 6.48. The fourth-order valence-corrected chi connectivity index (χ4v) is 2.85. The van der Waals surface area contributed by atoms with Crippen molar-refractivity contribution in [3.8, 4) is 5.75 Å². The van der Waals surface area contributed by atoms with Crippen LogP contribution in [-0.2, 0) is 16.0 Å². The summed E-state index contributed by atoms with van der Waals surface area (Å²) in [6.45, 7) is 7.09. The number of methoxy groups -OCH3 is 1. The minimum Gasteiger partial charge on any atom is -0.494 e. The molecule has 3 nitrogen and oxygen atoms in total. The first kappa shape index (κ1) is 15.9. The van der Waals surface area contributed by atoms with Crippen LogP contribution in [0.5, 0.6) is 5.75 Å². The van der Waals surface area contributed by atoms with Crippen LogP contribution in [0.15, 0.2) is 18.2 Å². The summed E-state index contributed by atoms with van der Waals surface area (Å²) >= 11 is 0. The Morgan fingerprint density at radius 3 is 2.76 bits per heavy atom. The molecule has 0 saturated heterocycles. The van der Waals surface area contributed by atoms with E-state index >= 15 is 0 Å². The van der Waals surface area contributed by atoms with Crippen LogP contribution in [0, 0.1) is 11.8 Å². The molecule has 116 valence electrons. The van der Waals surface area contributed by atoms with Gasteiger partial charge in [0.1, 0.15) is 5.75 Å². The largest absolute Gasteiger partial charge is 0.494 e. The van der Waals surface area contributed by atoms with Crippen molar-refractivity contribution in [3.63, 3.8) is 0 Å². The smallest absolute Gasteiger partial charge is 0.308 e. The van der Waals surface area contributed by atoms with E-state index in [-0.39, 0.29) is 11.9 Å². The van der Waals surface area contributed by atoms with Crippen molar-refractivity contribution in [3.05, 3.63) is 29.3 Å². The lowest BCUT2D eigenvalue weighted by atomic mass is 9.97. The van der Waals surface area contributed by atoms with Gasteiger partial charge >= 0.3 is 5.97 Å². The average molecular weight is 290 g/mol. The number of ether oxygens (including phenoxy) is 2. The molecule has 0 N–H and O–H groups in total. The van der Waals surface area contributed by atoms with Crippen LogP contribution in [0.3, 0.4) is 0 Å². The minimum atomic E-state index is -0.0467. The normalized spacial score (nSPS) is 20.4. The summed E-state index contributed by atoms with van der Waals surface area (Å²) in [7, 11) is 1.47. The molecule has 3 heteroatoms. The summed E-state index contributed by atoms with van der Waals surface area (Å²) < 4.78 is 10.5. The molecule has 1 aliphatic carbocycles. The highest BCUT2D eigenvalue weighted by molar-refractivity contribution is 5.75. The highest BCUT2D eigenvalue weighted by Gasteiger charge is 2.43. The third-order valence-corrected chi connectivity index (χ3v) is 4.23. The zero-order valence-corrected chi connectivity index (χ0v) is 13.5. The number of esters is 1. The van der Waals surface area contributed by atoms with Gasteiger partial charge in [-0.25, -0.2) is 0 Å². The number of aryl methyl sites for hydroxylation is 1. The van der Waals surface area contributed by atoms with Crippen LogP contribution in [0.1, 0.15) is 50.7 Å². The highest BCUT2D eigenvalue weighted by Crippen LogP contribution is 2.43. The minimum absolute atomic E-state index is 0.0467. The molecule has 1 aromatic carbocycles. The van der Waals surface area contributed by atoms with E-state index in [4.69, 9.17) is 9.47 Å². The number of carbonyl (C=O) groups excluding carboxylic acids is 1. The molecule has 0 heterocycles. The standard InChI is InChI=1S/C18H26O3/c1-5-21-17-9-7-13(10-15(17)12(2)3)6-8-14-11-16(14)18(19)20-4/h7,9-10,12,14,16H,5-6,8,11H2,1-4H3. The maximum atomic E-state index is 11.4. The van der Waals surface area contributed by atoms with Gasteiger partial charge in [-0.1, -0.05) is 26.0 Å². The van der Waals surface area contributed by atoms with Crippen LogP contribution in [0.4, 0.5) is 0 Å². The summed E-state index contributed by atoms with van der Waals surface area (Å²) in [5, 5.41) is 0. The van der Waals surface area contributed by atoms with E-state index in [1.807, 2.05) is 6.92 Å². The Balaban J connectivity index is 1.95. The number of hydrogen-bond donors (Lipinski definition) is 0. The van der Waals surface area contributed by atoms with E-state index in [2.05, 4.69) is 32.0 Å². The lowest BCUT2D eigenvalue weighted by Crippen LogP contribution is -2.05. The molecule has 1 aromatic rings. The first-order valence-corrected chi connectivity index (χ1v) is 7.90. The monoisotopic (exact) mass is 290 g/mol. The lowest BCUT2D eigenvalue weighted by molar-refractivity contribution is -0.142. The second kappa shape index (κ2) is 6.97. The number of hydrogen-bond acceptors (Lipinski definition) is 3. The fraction of sp³-hybridized carbons (Fsp3) is 0.611. The predicted molar refractivity (Wildman–Crippen MR) is 83.6 cm³/mol. The van der Waals surface area contributed by atoms with Crippen LogP contribution >= 0.6 is 0 Å². The van der Waals surface area contributed by atoms with Crippen molar-refractivity contribution in [2.45, 2.75) is 46.0 Å². The van der Waals surface area contributed by atoms with Gasteiger partial charge in [-0.05, 0) is 55.2 Å². The van der Waals surface area contributed by atoms with Gasteiger partial charge in [0, 0.05) is 0 Å². The van der Waals surface area contributed by atoms with Gasteiger partial charge < -0.3 is 9.47 Å². The Bertz CT molecular complexity index is 493. The van der Waals surface area contributed by atoms with E-state index in [0.29, 0.717) is 18.4 Å². The van der Waals surface area contributed by atoms with Gasteiger partial charge in [0.05, 0.1) is 19.6 Å². The van der Waals surface area contributed by atoms with Crippen molar-refractivity contribution in [1.82, 2.24) is 0 Å². The fourth-order valence-electron chi connectivity index (χ4n) is 2.85. The van der Waals surface area contributed by atoms with Gasteiger partial charge in [0.25, 0.3) is 0 Å². The Labute approximate surface area is 127 Å². The molecule has 1 fully saturated rings. The molecular formula is C18H26O3. The molecule has 1 aliphatic rings. The van der Waals surface area contributed by atoms with E-state index < -0.39 is 0 Å². The molecule has 0 radical (unpaired) electrons. The molecule has 0 spiro atoms. The highest BCUT2D eigenvalue weighted by atomic mass is 16.5. The van der Waals surface area contributed by atoms with E-state index in [1.165, 1.54) is 18.2 Å². The Kier molecular flexibility index (Phi) is 5.27. The number of benzene rings is 1. The molecule has 0 aliphatic heterocycles. The zero-order valence-electron chi connectivity index (χ0n) is 13.5. The number of rotatable bonds is 7. The van der Waals surface area contributed by atoms with Gasteiger partial charge in [0.15, 0.2) is 0 Å². The van der Waals surface area contributed by atoms with Gasteiger partial charge in [-0.2, -0.15) is 0 Å². The maximum Gasteiger partial charge on any atom is 0.308 e. The third-order valence-electron chi connectivity index (χ3n) is 4.23. The first-order chi connectivity index (χ1) is 10.1. The summed E-state index contributed by atoms with van der Waals surface area (Å²) in [6.07, 6.45) is 3.07. The predicted octanol–water partition coefficient (Wildman–Crippen LogP) is 3.95. The van der Waals surface area contributed by atoms with Crippen LogP contribution in [-0.4, -0.2) is 19.7 Å². The molecule has 21 heavy (non-hydrogen) atoms. The molecule has 1 saturated carbocycles. The van der Waals surface area contributed by atoms with E-state index in [1.54, 1.807) is 0 Å². The lowest BCUT2D eigenvalue weighted by Gasteiger charge is -2.15. The average Bonchev–Trinajstić information content (AvgIpc) is 3.25. The second-order valence-electron chi connectivity index (χ2n) is 6.12. The molecule has 0 aromatic heterocycles. The molecular weight excluding hydrogens is 264 g/mol. The quantitative estimate of drug-likeness (QED) is 0.713. The number of carbonyl (C=O) groups is 1. The molecule has 2 unspecified atom stereocenters. The Morgan fingerprint density at radius 1 is 1.38 bits per heavy atom. The topological polar surface area (TPSA) is 35.5 Å². The molecule has 2 rings (SSSR count). The van der Waals surface area contributed by atoms with Gasteiger partial charge in [-0.3, -0.25) is 4.79 Å². The summed E-state index contributed by atoms with van der Waals surface area (Å²) in [4.78, 5) is 11.4. The van der Waals surface area contributed by atoms with Crippen molar-refractivity contribution < 1.29 is 14.3 Å². The van der Waals surface area contributed by atoms with Crippen molar-refractivity contribution in [1.29, 1.82) is 0 Å². The second-order valence-corrected chi connectivity index (χ2v) is 6.12. The molecule has 2 atom stereocenters. The summed E-state index contributed by atoms with van der Waals surface area (Å²) in [5.41, 5.74) is 2.60. The Morgan fingerprint density at radius 2 is 2.14 bits per heavy atom. The van der Waals surface area contributed by atoms with Crippen molar-refractivity contribution in [2.24, 2.45) is 11.8 Å². The van der Waals surface area contributed by atoms with E-state index in [0.717, 1.165) is 25.0 Å². The van der Waals surface area contributed by atoms with Crippen LogP contribution < -0.4 is 4.74 Å². The molecule has 0 amide bonds. The third kappa shape index (κ3) is 3.99. The van der Waals surface area contributed by atoms with Gasteiger partial charge in [-0.15, -0.1) is 0 Å². The van der Waals surface area contributed by atoms with Crippen molar-refractivity contribution >= 4 is 5.97 Å². The Hall–Kier alpha value is -1.51. The van der Waals surface area contributed by atoms with Crippen LogP contribution in [0.25, 0.3) is 0 Å². The van der Waals surface area contributed by atoms with E-state index in [9.17, 15) is 4.79 Å². The maximum absolute atomic E-state index is 11.4. The van der Waals surface area contributed by atoms with Gasteiger partial charge in [0.2, 0.25) is 0 Å².